The van der Waals surface area contributed by atoms with Crippen molar-refractivity contribution in [1.82, 2.24) is 5.32 Å². The largest absolute Gasteiger partial charge is 0.396 e. The quantitative estimate of drug-likeness (QED) is 0.446. The van der Waals surface area contributed by atoms with Crippen LogP contribution in [0.25, 0.3) is 0 Å². The molecule has 0 atom stereocenters. The van der Waals surface area contributed by atoms with E-state index < -0.39 is 0 Å². The van der Waals surface area contributed by atoms with Crippen molar-refractivity contribution in [1.29, 1.82) is 0 Å². The minimum atomic E-state index is 0.0175. The Morgan fingerprint density at radius 1 is 1.45 bits per heavy atom. The van der Waals surface area contributed by atoms with Gasteiger partial charge in [-0.2, -0.15) is 0 Å². The molecule has 0 fully saturated rings. The van der Waals surface area contributed by atoms with E-state index in [1.165, 1.54) is 0 Å². The fourth-order valence-electron chi connectivity index (χ4n) is 0.697. The van der Waals surface area contributed by atoms with Crippen molar-refractivity contribution >= 4 is 5.91 Å². The lowest BCUT2D eigenvalue weighted by Crippen LogP contribution is -2.28. The maximum atomic E-state index is 10.8. The van der Waals surface area contributed by atoms with Crippen LogP contribution in [0.1, 0.15) is 19.3 Å². The normalized spacial score (nSPS) is 9.64. The lowest BCUT2D eigenvalue weighted by Gasteiger charge is -2.01. The molecule has 0 aromatic carbocycles. The van der Waals surface area contributed by atoms with Gasteiger partial charge in [-0.3, -0.25) is 4.79 Å². The van der Waals surface area contributed by atoms with Gasteiger partial charge in [-0.05, 0) is 12.8 Å². The molecule has 0 unspecified atom stereocenters. The molecule has 0 spiro atoms. The van der Waals surface area contributed by atoms with Crippen LogP contribution in [0.3, 0.4) is 0 Å². The van der Waals surface area contributed by atoms with Crippen molar-refractivity contribution in [2.45, 2.75) is 19.3 Å². The number of carbonyl (C=O) groups excluding carboxylic acids is 1. The highest BCUT2D eigenvalue weighted by molar-refractivity contribution is 5.75. The molecule has 0 saturated heterocycles. The van der Waals surface area contributed by atoms with E-state index in [-0.39, 0.29) is 12.5 Å². The number of nitrogens with two attached hydrogens (primary N) is 1. The zero-order valence-corrected chi connectivity index (χ0v) is 6.68. The second-order valence-electron chi connectivity index (χ2n) is 2.32. The fraction of sp³-hybridized carbons (Fsp3) is 0.857. The van der Waals surface area contributed by atoms with Crippen LogP contribution in [0.4, 0.5) is 0 Å². The zero-order chi connectivity index (χ0) is 8.53. The van der Waals surface area contributed by atoms with Crippen molar-refractivity contribution in [2.24, 2.45) is 5.73 Å². The van der Waals surface area contributed by atoms with Crippen LogP contribution >= 0.6 is 0 Å². The average molecular weight is 160 g/mol. The summed E-state index contributed by atoms with van der Waals surface area (Å²) in [5.41, 5.74) is 5.18. The molecule has 0 aromatic heterocycles. The van der Waals surface area contributed by atoms with Gasteiger partial charge in [-0.1, -0.05) is 0 Å². The Hall–Kier alpha value is -0.610. The van der Waals surface area contributed by atoms with Crippen molar-refractivity contribution in [3.8, 4) is 0 Å². The van der Waals surface area contributed by atoms with Gasteiger partial charge in [0, 0.05) is 26.1 Å². The van der Waals surface area contributed by atoms with Crippen LogP contribution in [0.5, 0.6) is 0 Å². The molecule has 4 nitrogen and oxygen atoms in total. The third-order valence-electron chi connectivity index (χ3n) is 1.28. The molecular formula is C7H16N2O2. The predicted molar refractivity (Wildman–Crippen MR) is 43.0 cm³/mol. The van der Waals surface area contributed by atoms with Crippen LogP contribution in [0, 0.1) is 0 Å². The summed E-state index contributed by atoms with van der Waals surface area (Å²) in [5, 5.41) is 11.0. The molecule has 0 aliphatic heterocycles. The SMILES string of the molecule is NCCNC(=O)CCCCO. The van der Waals surface area contributed by atoms with Gasteiger partial charge in [0.1, 0.15) is 0 Å². The first-order chi connectivity index (χ1) is 5.31. The highest BCUT2D eigenvalue weighted by Gasteiger charge is 1.97. The van der Waals surface area contributed by atoms with Gasteiger partial charge in [0.05, 0.1) is 0 Å². The first kappa shape index (κ1) is 10.4. The van der Waals surface area contributed by atoms with Gasteiger partial charge in [-0.15, -0.1) is 0 Å². The van der Waals surface area contributed by atoms with E-state index in [0.717, 1.165) is 6.42 Å². The van der Waals surface area contributed by atoms with Gasteiger partial charge < -0.3 is 16.2 Å². The first-order valence-corrected chi connectivity index (χ1v) is 3.89. The van der Waals surface area contributed by atoms with Crippen molar-refractivity contribution < 1.29 is 9.90 Å². The van der Waals surface area contributed by atoms with Crippen LogP contribution in [0.2, 0.25) is 0 Å². The van der Waals surface area contributed by atoms with Crippen molar-refractivity contribution in [2.75, 3.05) is 19.7 Å². The number of carbonyl (C=O) groups is 1. The Kier molecular flexibility index (Phi) is 7.08. The summed E-state index contributed by atoms with van der Waals surface area (Å²) >= 11 is 0. The molecule has 0 saturated carbocycles. The topological polar surface area (TPSA) is 75.3 Å². The Morgan fingerprint density at radius 2 is 2.18 bits per heavy atom. The minimum absolute atomic E-state index is 0.0175. The molecular weight excluding hydrogens is 144 g/mol. The summed E-state index contributed by atoms with van der Waals surface area (Å²) in [5.74, 6) is 0.0175. The predicted octanol–water partition coefficient (Wildman–Crippen LogP) is -0.776. The number of aliphatic hydroxyl groups excluding tert-OH is 1. The maximum Gasteiger partial charge on any atom is 0.220 e. The molecule has 66 valence electrons. The fourth-order valence-corrected chi connectivity index (χ4v) is 0.697. The van der Waals surface area contributed by atoms with Crippen molar-refractivity contribution in [3.63, 3.8) is 0 Å². The molecule has 4 N–H and O–H groups in total. The van der Waals surface area contributed by atoms with Crippen LogP contribution in [-0.2, 0) is 4.79 Å². The molecule has 0 heterocycles. The van der Waals surface area contributed by atoms with E-state index in [1.807, 2.05) is 0 Å². The molecule has 0 aromatic rings. The summed E-state index contributed by atoms with van der Waals surface area (Å²) in [6.45, 7) is 1.17. The zero-order valence-electron chi connectivity index (χ0n) is 6.68. The average Bonchev–Trinajstić information content (AvgIpc) is 2.01. The molecule has 4 heteroatoms. The van der Waals surface area contributed by atoms with Gasteiger partial charge in [0.2, 0.25) is 5.91 Å². The summed E-state index contributed by atoms with van der Waals surface area (Å²) < 4.78 is 0. The Morgan fingerprint density at radius 3 is 2.73 bits per heavy atom. The Balaban J connectivity index is 3.09. The van der Waals surface area contributed by atoms with E-state index in [9.17, 15) is 4.79 Å². The van der Waals surface area contributed by atoms with E-state index in [2.05, 4.69) is 5.32 Å². The first-order valence-electron chi connectivity index (χ1n) is 3.89. The standard InChI is InChI=1S/C7H16N2O2/c8-4-5-9-7(11)3-1-2-6-10/h10H,1-6,8H2,(H,9,11). The number of hydrogen-bond donors (Lipinski definition) is 3. The lowest BCUT2D eigenvalue weighted by molar-refractivity contribution is -0.121. The third kappa shape index (κ3) is 7.29. The monoisotopic (exact) mass is 160 g/mol. The summed E-state index contributed by atoms with van der Waals surface area (Å²) in [6, 6.07) is 0. The van der Waals surface area contributed by atoms with E-state index in [0.29, 0.717) is 25.9 Å². The summed E-state index contributed by atoms with van der Waals surface area (Å²) in [7, 11) is 0. The second kappa shape index (κ2) is 7.50. The van der Waals surface area contributed by atoms with Crippen LogP contribution in [0.15, 0.2) is 0 Å². The van der Waals surface area contributed by atoms with Crippen molar-refractivity contribution in [3.05, 3.63) is 0 Å². The molecule has 0 radical (unpaired) electrons. The number of nitrogens with one attached hydrogen (secondary N) is 1. The highest BCUT2D eigenvalue weighted by Crippen LogP contribution is 1.92. The highest BCUT2D eigenvalue weighted by atomic mass is 16.2. The smallest absolute Gasteiger partial charge is 0.220 e. The number of hydrogen-bond acceptors (Lipinski definition) is 3. The molecule has 11 heavy (non-hydrogen) atoms. The van der Waals surface area contributed by atoms with Crippen LogP contribution < -0.4 is 11.1 Å². The minimum Gasteiger partial charge on any atom is -0.396 e. The van der Waals surface area contributed by atoms with E-state index >= 15 is 0 Å². The number of unbranched alkanes of at least 4 members (excludes halogenated alkanes) is 1. The molecule has 0 bridgehead atoms. The summed E-state index contributed by atoms with van der Waals surface area (Å²) in [6.07, 6.45) is 1.92. The number of aliphatic hydroxyl groups is 1. The van der Waals surface area contributed by atoms with E-state index in [1.54, 1.807) is 0 Å². The summed E-state index contributed by atoms with van der Waals surface area (Å²) in [4.78, 5) is 10.8. The van der Waals surface area contributed by atoms with Gasteiger partial charge in [-0.25, -0.2) is 0 Å². The second-order valence-corrected chi connectivity index (χ2v) is 2.32. The molecule has 1 amide bonds. The van der Waals surface area contributed by atoms with E-state index in [4.69, 9.17) is 10.8 Å². The third-order valence-corrected chi connectivity index (χ3v) is 1.28. The number of rotatable bonds is 6. The maximum absolute atomic E-state index is 10.8. The van der Waals surface area contributed by atoms with Crippen LogP contribution in [-0.4, -0.2) is 30.7 Å². The van der Waals surface area contributed by atoms with Gasteiger partial charge >= 0.3 is 0 Å². The molecule has 0 rings (SSSR count). The van der Waals surface area contributed by atoms with Gasteiger partial charge in [0.25, 0.3) is 0 Å². The Bertz CT molecular complexity index is 107. The molecule has 0 aliphatic carbocycles. The number of amides is 1. The Labute approximate surface area is 66.8 Å². The molecule has 0 aliphatic rings. The van der Waals surface area contributed by atoms with Gasteiger partial charge in [0.15, 0.2) is 0 Å². The lowest BCUT2D eigenvalue weighted by atomic mass is 10.2.